The summed E-state index contributed by atoms with van der Waals surface area (Å²) in [6.45, 7) is 7.64. The molecule has 1 heterocycles. The van der Waals surface area contributed by atoms with Crippen LogP contribution in [0.3, 0.4) is 0 Å². The van der Waals surface area contributed by atoms with Crippen LogP contribution in [0.1, 0.15) is 52.9 Å². The Labute approximate surface area is 127 Å². The van der Waals surface area contributed by atoms with Gasteiger partial charge < -0.3 is 15.0 Å². The first-order valence-corrected chi connectivity index (χ1v) is 8.24. The zero-order valence-electron chi connectivity index (χ0n) is 13.5. The molecule has 0 aromatic carbocycles. The van der Waals surface area contributed by atoms with Crippen molar-refractivity contribution in [3.8, 4) is 0 Å². The molecule has 21 heavy (non-hydrogen) atoms. The van der Waals surface area contributed by atoms with Gasteiger partial charge in [0.2, 0.25) is 11.8 Å². The van der Waals surface area contributed by atoms with E-state index in [1.54, 1.807) is 4.90 Å². The van der Waals surface area contributed by atoms with Crippen LogP contribution in [-0.2, 0) is 14.3 Å². The van der Waals surface area contributed by atoms with Gasteiger partial charge in [0.1, 0.15) is 11.6 Å². The number of nitrogens with zero attached hydrogens (tertiary/aromatic N) is 1. The highest BCUT2D eigenvalue weighted by molar-refractivity contribution is 5.99. The van der Waals surface area contributed by atoms with Crippen LogP contribution < -0.4 is 5.32 Å². The Bertz CT molecular complexity index is 395. The minimum Gasteiger partial charge on any atom is -0.380 e. The number of unbranched alkanes of at least 4 members (excludes halogenated alkanes) is 1. The van der Waals surface area contributed by atoms with Gasteiger partial charge in [-0.15, -0.1) is 0 Å². The van der Waals surface area contributed by atoms with Gasteiger partial charge in [0.05, 0.1) is 6.61 Å². The van der Waals surface area contributed by atoms with Crippen LogP contribution in [0, 0.1) is 5.92 Å². The smallest absolute Gasteiger partial charge is 0.248 e. The van der Waals surface area contributed by atoms with E-state index in [4.69, 9.17) is 4.74 Å². The number of hydrogen-bond donors (Lipinski definition) is 1. The third kappa shape index (κ3) is 3.57. The summed E-state index contributed by atoms with van der Waals surface area (Å²) in [5.74, 6) is 0.390. The molecular weight excluding hydrogens is 268 g/mol. The van der Waals surface area contributed by atoms with E-state index in [1.807, 2.05) is 13.8 Å². The maximum Gasteiger partial charge on any atom is 0.248 e. The van der Waals surface area contributed by atoms with Crippen molar-refractivity contribution in [3.63, 3.8) is 0 Å². The highest BCUT2D eigenvalue weighted by Gasteiger charge is 2.51. The van der Waals surface area contributed by atoms with E-state index in [1.165, 1.54) is 0 Å². The summed E-state index contributed by atoms with van der Waals surface area (Å²) in [6, 6.07) is -0.285. The molecule has 0 aromatic rings. The van der Waals surface area contributed by atoms with E-state index in [9.17, 15) is 9.59 Å². The van der Waals surface area contributed by atoms with E-state index in [0.717, 1.165) is 32.3 Å². The van der Waals surface area contributed by atoms with Crippen LogP contribution >= 0.6 is 0 Å². The minimum absolute atomic E-state index is 0.00927. The fraction of sp³-hybridized carbons (Fsp3) is 0.875. The van der Waals surface area contributed by atoms with Gasteiger partial charge >= 0.3 is 0 Å². The molecular formula is C16H28N2O3. The molecule has 1 N–H and O–H groups in total. The summed E-state index contributed by atoms with van der Waals surface area (Å²) in [4.78, 5) is 26.9. The maximum absolute atomic E-state index is 12.7. The normalized spacial score (nSPS) is 29.7. The van der Waals surface area contributed by atoms with Crippen molar-refractivity contribution < 1.29 is 14.3 Å². The Morgan fingerprint density at radius 3 is 2.57 bits per heavy atom. The van der Waals surface area contributed by atoms with Crippen molar-refractivity contribution in [2.75, 3.05) is 19.8 Å². The van der Waals surface area contributed by atoms with E-state index in [2.05, 4.69) is 12.2 Å². The highest BCUT2D eigenvalue weighted by atomic mass is 16.5. The van der Waals surface area contributed by atoms with Crippen molar-refractivity contribution in [1.29, 1.82) is 0 Å². The molecule has 0 aromatic heterocycles. The first-order chi connectivity index (χ1) is 10.0. The molecule has 120 valence electrons. The third-order valence-electron chi connectivity index (χ3n) is 4.63. The maximum atomic E-state index is 12.7. The number of carbonyl (C=O) groups is 2. The molecule has 2 amide bonds. The lowest BCUT2D eigenvalue weighted by molar-refractivity contribution is -0.156. The van der Waals surface area contributed by atoms with Crippen molar-refractivity contribution in [1.82, 2.24) is 10.2 Å². The molecule has 1 saturated heterocycles. The van der Waals surface area contributed by atoms with Gasteiger partial charge in [-0.1, -0.05) is 20.3 Å². The largest absolute Gasteiger partial charge is 0.380 e. The van der Waals surface area contributed by atoms with Gasteiger partial charge in [-0.3, -0.25) is 9.59 Å². The fourth-order valence-corrected chi connectivity index (χ4v) is 2.86. The number of hydrogen-bond acceptors (Lipinski definition) is 3. The van der Waals surface area contributed by atoms with Gasteiger partial charge in [-0.05, 0) is 38.5 Å². The molecule has 2 fully saturated rings. The SMILES string of the molecule is CCCCOCCN1C(=O)C(C)(CC)NC(=O)C1C1CC1. The predicted octanol–water partition coefficient (Wildman–Crippen LogP) is 1.71. The molecule has 2 rings (SSSR count). The standard InChI is InChI=1S/C16H28N2O3/c1-4-6-10-21-11-9-18-13(12-7-8-12)14(19)17-16(3,5-2)15(18)20/h12-13H,4-11H2,1-3H3,(H,17,19). The third-order valence-corrected chi connectivity index (χ3v) is 4.63. The van der Waals surface area contributed by atoms with Crippen molar-refractivity contribution >= 4 is 11.8 Å². The summed E-state index contributed by atoms with van der Waals surface area (Å²) in [5, 5.41) is 2.93. The molecule has 2 unspecified atom stereocenters. The number of amides is 2. The Kier molecular flexibility index (Phi) is 5.25. The lowest BCUT2D eigenvalue weighted by Crippen LogP contribution is -2.69. The quantitative estimate of drug-likeness (QED) is 0.694. The van der Waals surface area contributed by atoms with Gasteiger partial charge in [-0.2, -0.15) is 0 Å². The molecule has 1 saturated carbocycles. The average Bonchev–Trinajstić information content (AvgIpc) is 3.28. The molecule has 5 heteroatoms. The zero-order chi connectivity index (χ0) is 15.5. The number of rotatable bonds is 8. The second kappa shape index (κ2) is 6.77. The van der Waals surface area contributed by atoms with Gasteiger partial charge in [0.15, 0.2) is 0 Å². The molecule has 2 atom stereocenters. The van der Waals surface area contributed by atoms with Crippen LogP contribution in [0.2, 0.25) is 0 Å². The monoisotopic (exact) mass is 296 g/mol. The molecule has 0 radical (unpaired) electrons. The van der Waals surface area contributed by atoms with Crippen molar-refractivity contribution in [3.05, 3.63) is 0 Å². The summed E-state index contributed by atoms with van der Waals surface area (Å²) in [6.07, 6.45) is 4.84. The summed E-state index contributed by atoms with van der Waals surface area (Å²) in [5.41, 5.74) is -0.758. The van der Waals surface area contributed by atoms with Crippen LogP contribution in [0.4, 0.5) is 0 Å². The average molecular weight is 296 g/mol. The molecule has 0 bridgehead atoms. The Balaban J connectivity index is 2.00. The predicted molar refractivity (Wildman–Crippen MR) is 80.8 cm³/mol. The summed E-state index contributed by atoms with van der Waals surface area (Å²) < 4.78 is 5.59. The zero-order valence-corrected chi connectivity index (χ0v) is 13.5. The fourth-order valence-electron chi connectivity index (χ4n) is 2.86. The number of ether oxygens (including phenoxy) is 1. The summed E-state index contributed by atoms with van der Waals surface area (Å²) >= 11 is 0. The van der Waals surface area contributed by atoms with Crippen LogP contribution in [-0.4, -0.2) is 48.1 Å². The Morgan fingerprint density at radius 2 is 2.00 bits per heavy atom. The number of carbonyl (C=O) groups excluding carboxylic acids is 2. The Morgan fingerprint density at radius 1 is 1.29 bits per heavy atom. The van der Waals surface area contributed by atoms with Crippen LogP contribution in [0.15, 0.2) is 0 Å². The van der Waals surface area contributed by atoms with Crippen LogP contribution in [0.25, 0.3) is 0 Å². The highest BCUT2D eigenvalue weighted by Crippen LogP contribution is 2.38. The van der Waals surface area contributed by atoms with E-state index >= 15 is 0 Å². The molecule has 1 aliphatic carbocycles. The minimum atomic E-state index is -0.758. The number of piperazine rings is 1. The van der Waals surface area contributed by atoms with Gasteiger partial charge in [0, 0.05) is 13.2 Å². The second-order valence-electron chi connectivity index (χ2n) is 6.42. The first-order valence-electron chi connectivity index (χ1n) is 8.24. The molecule has 0 spiro atoms. The second-order valence-corrected chi connectivity index (χ2v) is 6.42. The summed E-state index contributed by atoms with van der Waals surface area (Å²) in [7, 11) is 0. The topological polar surface area (TPSA) is 58.6 Å². The van der Waals surface area contributed by atoms with Gasteiger partial charge in [-0.25, -0.2) is 0 Å². The molecule has 1 aliphatic heterocycles. The molecule has 2 aliphatic rings. The van der Waals surface area contributed by atoms with E-state index in [-0.39, 0.29) is 17.9 Å². The van der Waals surface area contributed by atoms with Crippen LogP contribution in [0.5, 0.6) is 0 Å². The lowest BCUT2D eigenvalue weighted by atomic mass is 9.90. The first kappa shape index (κ1) is 16.3. The van der Waals surface area contributed by atoms with Crippen molar-refractivity contribution in [2.24, 2.45) is 5.92 Å². The van der Waals surface area contributed by atoms with E-state index in [0.29, 0.717) is 25.5 Å². The Hall–Kier alpha value is -1.10. The van der Waals surface area contributed by atoms with E-state index < -0.39 is 5.54 Å². The van der Waals surface area contributed by atoms with Crippen molar-refractivity contribution in [2.45, 2.75) is 64.5 Å². The lowest BCUT2D eigenvalue weighted by Gasteiger charge is -2.44. The number of nitrogens with one attached hydrogen (secondary N) is 1. The van der Waals surface area contributed by atoms with Gasteiger partial charge in [0.25, 0.3) is 0 Å². The molecule has 5 nitrogen and oxygen atoms in total.